The third kappa shape index (κ3) is 4.67. The van der Waals surface area contributed by atoms with Gasteiger partial charge in [-0.3, -0.25) is 4.79 Å². The molecule has 1 aliphatic heterocycles. The van der Waals surface area contributed by atoms with E-state index in [9.17, 15) is 4.79 Å². The Morgan fingerprint density at radius 3 is 2.33 bits per heavy atom. The molecule has 1 heterocycles. The zero-order chi connectivity index (χ0) is 11.5. The molecule has 0 radical (unpaired) electrons. The van der Waals surface area contributed by atoms with Crippen LogP contribution in [0.5, 0.6) is 0 Å². The number of hydrogen-bond acceptors (Lipinski definition) is 2. The smallest absolute Gasteiger partial charge is 0.237 e. The molecular weight excluding hydrogens is 264 g/mol. The normalized spacial score (nSPS) is 28.5. The van der Waals surface area contributed by atoms with Crippen LogP contribution in [0.15, 0.2) is 0 Å². The summed E-state index contributed by atoms with van der Waals surface area (Å²) in [7, 11) is 0. The van der Waals surface area contributed by atoms with Gasteiger partial charge in [-0.05, 0) is 31.1 Å². The number of piperazine rings is 1. The summed E-state index contributed by atoms with van der Waals surface area (Å²) in [6, 6.07) is 0.427. The largest absolute Gasteiger partial charge is 0.350 e. The van der Waals surface area contributed by atoms with Gasteiger partial charge in [0.05, 0.1) is 6.04 Å². The van der Waals surface area contributed by atoms with E-state index in [4.69, 9.17) is 0 Å². The van der Waals surface area contributed by atoms with Gasteiger partial charge in [0.1, 0.15) is 0 Å². The SMILES string of the molecule is CC(C)C[C@@H]1NC[C@H](C2CCCC2)NC1=O.S.S. The van der Waals surface area contributed by atoms with E-state index in [2.05, 4.69) is 24.5 Å². The summed E-state index contributed by atoms with van der Waals surface area (Å²) < 4.78 is 0. The Kier molecular flexibility index (Phi) is 8.39. The van der Waals surface area contributed by atoms with Crippen molar-refractivity contribution in [2.75, 3.05) is 6.54 Å². The fraction of sp³-hybridized carbons (Fsp3) is 0.923. The summed E-state index contributed by atoms with van der Waals surface area (Å²) in [5, 5.41) is 6.63. The third-order valence-electron chi connectivity index (χ3n) is 3.90. The summed E-state index contributed by atoms with van der Waals surface area (Å²) in [6.07, 6.45) is 6.21. The first-order chi connectivity index (χ1) is 7.66. The van der Waals surface area contributed by atoms with Crippen LogP contribution in [-0.4, -0.2) is 24.5 Å². The number of hydrogen-bond donors (Lipinski definition) is 2. The molecule has 18 heavy (non-hydrogen) atoms. The van der Waals surface area contributed by atoms with Crippen LogP contribution < -0.4 is 10.6 Å². The van der Waals surface area contributed by atoms with Crippen molar-refractivity contribution in [2.24, 2.45) is 11.8 Å². The maximum absolute atomic E-state index is 11.9. The van der Waals surface area contributed by atoms with Gasteiger partial charge in [-0.15, -0.1) is 0 Å². The topological polar surface area (TPSA) is 41.1 Å². The second-order valence-electron chi connectivity index (χ2n) is 5.75. The molecular formula is C13H28N2OS2. The van der Waals surface area contributed by atoms with E-state index in [1.54, 1.807) is 0 Å². The lowest BCUT2D eigenvalue weighted by atomic mass is 9.93. The predicted octanol–water partition coefficient (Wildman–Crippen LogP) is 1.90. The lowest BCUT2D eigenvalue weighted by Gasteiger charge is -2.34. The van der Waals surface area contributed by atoms with Gasteiger partial charge in [-0.1, -0.05) is 26.7 Å². The standard InChI is InChI=1S/C13H24N2O.2H2S/c1-9(2)7-11-13(16)15-12(8-14-11)10-5-3-4-6-10;;/h9-12,14H,3-8H2,1-2H3,(H,15,16);2*1H2/t11-,12+;;/m0../s1. The fourth-order valence-corrected chi connectivity index (χ4v) is 3.00. The summed E-state index contributed by atoms with van der Waals surface area (Å²) in [5.74, 6) is 1.51. The van der Waals surface area contributed by atoms with E-state index in [-0.39, 0.29) is 38.9 Å². The van der Waals surface area contributed by atoms with Crippen molar-refractivity contribution in [3.05, 3.63) is 0 Å². The molecule has 0 aromatic rings. The molecule has 0 aromatic carbocycles. The molecule has 5 heteroatoms. The van der Waals surface area contributed by atoms with Crippen molar-refractivity contribution < 1.29 is 4.79 Å². The van der Waals surface area contributed by atoms with E-state index in [1.165, 1.54) is 25.7 Å². The summed E-state index contributed by atoms with van der Waals surface area (Å²) >= 11 is 0. The van der Waals surface area contributed by atoms with Crippen molar-refractivity contribution in [1.82, 2.24) is 10.6 Å². The molecule has 2 rings (SSSR count). The van der Waals surface area contributed by atoms with Gasteiger partial charge in [-0.2, -0.15) is 27.0 Å². The lowest BCUT2D eigenvalue weighted by molar-refractivity contribution is -0.126. The average molecular weight is 293 g/mol. The number of amides is 1. The average Bonchev–Trinajstić information content (AvgIpc) is 2.73. The van der Waals surface area contributed by atoms with Crippen molar-refractivity contribution in [3.8, 4) is 0 Å². The minimum Gasteiger partial charge on any atom is -0.350 e. The van der Waals surface area contributed by atoms with Gasteiger partial charge in [0, 0.05) is 12.6 Å². The lowest BCUT2D eigenvalue weighted by Crippen LogP contribution is -2.60. The molecule has 1 saturated heterocycles. The van der Waals surface area contributed by atoms with Crippen LogP contribution in [0.4, 0.5) is 0 Å². The van der Waals surface area contributed by atoms with Crippen molar-refractivity contribution in [3.63, 3.8) is 0 Å². The maximum Gasteiger partial charge on any atom is 0.237 e. The molecule has 108 valence electrons. The van der Waals surface area contributed by atoms with E-state index in [1.807, 2.05) is 0 Å². The molecule has 3 nitrogen and oxygen atoms in total. The molecule has 2 aliphatic rings. The Balaban J connectivity index is 0.00000144. The molecule has 1 saturated carbocycles. The van der Waals surface area contributed by atoms with Crippen molar-refractivity contribution in [2.45, 2.75) is 58.0 Å². The van der Waals surface area contributed by atoms with Gasteiger partial charge in [0.2, 0.25) is 5.91 Å². The van der Waals surface area contributed by atoms with Crippen LogP contribution in [-0.2, 0) is 4.79 Å². The molecule has 2 atom stereocenters. The highest BCUT2D eigenvalue weighted by atomic mass is 32.1. The minimum absolute atomic E-state index is 0. The van der Waals surface area contributed by atoms with Gasteiger partial charge in [0.15, 0.2) is 0 Å². The Morgan fingerprint density at radius 1 is 1.22 bits per heavy atom. The van der Waals surface area contributed by atoms with Crippen molar-refractivity contribution >= 4 is 32.9 Å². The first-order valence-corrected chi connectivity index (χ1v) is 6.70. The van der Waals surface area contributed by atoms with E-state index in [0.717, 1.165) is 18.9 Å². The number of rotatable bonds is 3. The van der Waals surface area contributed by atoms with Crippen LogP contribution in [0, 0.1) is 11.8 Å². The Morgan fingerprint density at radius 2 is 1.83 bits per heavy atom. The molecule has 1 aliphatic carbocycles. The highest BCUT2D eigenvalue weighted by Crippen LogP contribution is 2.28. The second kappa shape index (κ2) is 8.33. The van der Waals surface area contributed by atoms with Crippen LogP contribution in [0.2, 0.25) is 0 Å². The van der Waals surface area contributed by atoms with E-state index >= 15 is 0 Å². The zero-order valence-corrected chi connectivity index (χ0v) is 13.5. The number of carbonyl (C=O) groups excluding carboxylic acids is 1. The Bertz CT molecular complexity index is 255. The van der Waals surface area contributed by atoms with Crippen LogP contribution >= 0.6 is 27.0 Å². The van der Waals surface area contributed by atoms with Crippen LogP contribution in [0.25, 0.3) is 0 Å². The van der Waals surface area contributed by atoms with Crippen molar-refractivity contribution in [1.29, 1.82) is 0 Å². The van der Waals surface area contributed by atoms with Gasteiger partial charge < -0.3 is 10.6 Å². The number of carbonyl (C=O) groups is 1. The molecule has 2 fully saturated rings. The van der Waals surface area contributed by atoms with E-state index < -0.39 is 0 Å². The quantitative estimate of drug-likeness (QED) is 0.834. The summed E-state index contributed by atoms with van der Waals surface area (Å²) in [4.78, 5) is 11.9. The maximum atomic E-state index is 11.9. The molecule has 0 bridgehead atoms. The molecule has 0 aromatic heterocycles. The monoisotopic (exact) mass is 292 g/mol. The van der Waals surface area contributed by atoms with E-state index in [0.29, 0.717) is 12.0 Å². The van der Waals surface area contributed by atoms with Crippen LogP contribution in [0.3, 0.4) is 0 Å². The first kappa shape index (κ1) is 18.1. The predicted molar refractivity (Wildman–Crippen MR) is 85.9 cm³/mol. The van der Waals surface area contributed by atoms with Gasteiger partial charge >= 0.3 is 0 Å². The van der Waals surface area contributed by atoms with Gasteiger partial charge in [0.25, 0.3) is 0 Å². The summed E-state index contributed by atoms with van der Waals surface area (Å²) in [6.45, 7) is 5.30. The second-order valence-corrected chi connectivity index (χ2v) is 5.75. The minimum atomic E-state index is 0. The van der Waals surface area contributed by atoms with Crippen LogP contribution in [0.1, 0.15) is 46.0 Å². The highest BCUT2D eigenvalue weighted by molar-refractivity contribution is 7.59. The molecule has 2 N–H and O–H groups in total. The molecule has 0 unspecified atom stereocenters. The fourth-order valence-electron chi connectivity index (χ4n) is 3.00. The zero-order valence-electron chi connectivity index (χ0n) is 11.5. The third-order valence-corrected chi connectivity index (χ3v) is 3.90. The highest BCUT2D eigenvalue weighted by Gasteiger charge is 2.33. The molecule has 0 spiro atoms. The first-order valence-electron chi connectivity index (χ1n) is 6.70. The Hall–Kier alpha value is 0.130. The van der Waals surface area contributed by atoms with Gasteiger partial charge in [-0.25, -0.2) is 0 Å². The number of nitrogens with one attached hydrogen (secondary N) is 2. The molecule has 1 amide bonds. The summed E-state index contributed by atoms with van der Waals surface area (Å²) in [5.41, 5.74) is 0. The Labute approximate surface area is 125 Å².